The van der Waals surface area contributed by atoms with Crippen molar-refractivity contribution < 1.29 is 43.2 Å². The van der Waals surface area contributed by atoms with Crippen LogP contribution < -0.4 is 60.6 Å². The molecule has 1 saturated carbocycles. The number of guanidine groups is 2. The first-order chi connectivity index (χ1) is 36.9. The number of nitrogens with zero attached hydrogens (tertiary/aromatic N) is 2. The highest BCUT2D eigenvalue weighted by Gasteiger charge is 2.36. The van der Waals surface area contributed by atoms with Crippen LogP contribution in [0.5, 0.6) is 0 Å². The maximum absolute atomic E-state index is 14.9. The summed E-state index contributed by atoms with van der Waals surface area (Å²) in [6.45, 7) is 1.39. The van der Waals surface area contributed by atoms with Gasteiger partial charge >= 0.3 is 0 Å². The molecular weight excluding hydrogens is 989 g/mol. The Labute approximate surface area is 448 Å². The third kappa shape index (κ3) is 20.8. The van der Waals surface area contributed by atoms with Crippen LogP contribution in [0.2, 0.25) is 0 Å². The molecule has 0 unspecified atom stereocenters. The Hall–Kier alpha value is -7.69. The molecule has 0 bridgehead atoms. The predicted octanol–water partition coefficient (Wildman–Crippen LogP) is 0.206. The van der Waals surface area contributed by atoms with E-state index in [-0.39, 0.29) is 114 Å². The highest BCUT2D eigenvalue weighted by molar-refractivity contribution is 5.99. The van der Waals surface area contributed by atoms with Crippen LogP contribution >= 0.6 is 0 Å². The number of aromatic amines is 1. The van der Waals surface area contributed by atoms with Gasteiger partial charge in [-0.3, -0.25) is 53.1 Å². The summed E-state index contributed by atoms with van der Waals surface area (Å²) in [5.41, 5.74) is 30.4. The minimum atomic E-state index is -1.53. The van der Waals surface area contributed by atoms with Crippen molar-refractivity contribution in [3.8, 4) is 0 Å². The number of carbonyl (C=O) groups is 9. The summed E-state index contributed by atoms with van der Waals surface area (Å²) in [7, 11) is 0. The molecule has 17 N–H and O–H groups in total. The number of nitrogens with one attached hydrogen (secondary N) is 7. The van der Waals surface area contributed by atoms with Crippen molar-refractivity contribution in [2.45, 2.75) is 152 Å². The standard InChI is InChI=1S/C54H78N14O9/c1-32(69)63-41(19-11-25-61-54(58)59)50(75)68-45-30-38(70)15-6-3-7-18-42(49(74)64-37-20-21-37)65-48(73)35(27-36-31-62-40-17-9-8-16-39(36)40)29-46(71)34(14-10-24-60-53(56)57)28-47(72)44(26-33-12-4-2-5-13-33)67-51(76)43(22-23-55)66-52(45)77/h2,4-5,8-9,12-13,16-17,31,34-35,37,41-45,62H,3,6-7,10-11,14-15,18-30,55H2,1H3,(H,63,69)(H,64,74)(H,65,73)(H,66,77)(H,67,76)(H,68,75)(H4,56,57,60)(H4,58,59,61)/t34-,35-,41+,42+,43+,44-,45+/m1/s1. The Bertz CT molecular complexity index is 2570. The quantitative estimate of drug-likeness (QED) is 0.0434. The van der Waals surface area contributed by atoms with Gasteiger partial charge in [0.05, 0.1) is 6.04 Å². The van der Waals surface area contributed by atoms with Gasteiger partial charge in [-0.15, -0.1) is 0 Å². The van der Waals surface area contributed by atoms with E-state index in [4.69, 9.17) is 28.7 Å². The van der Waals surface area contributed by atoms with Gasteiger partial charge in [-0.25, -0.2) is 0 Å². The summed E-state index contributed by atoms with van der Waals surface area (Å²) in [5, 5.41) is 17.5. The van der Waals surface area contributed by atoms with Crippen molar-refractivity contribution >= 4 is 75.6 Å². The molecule has 0 radical (unpaired) electrons. The van der Waals surface area contributed by atoms with Crippen LogP contribution in [0.25, 0.3) is 10.9 Å². The van der Waals surface area contributed by atoms with Crippen LogP contribution in [0.1, 0.15) is 114 Å². The van der Waals surface area contributed by atoms with E-state index >= 15 is 0 Å². The van der Waals surface area contributed by atoms with Crippen molar-refractivity contribution in [2.24, 2.45) is 50.5 Å². The van der Waals surface area contributed by atoms with E-state index in [0.29, 0.717) is 24.8 Å². The highest BCUT2D eigenvalue weighted by Crippen LogP contribution is 2.27. The van der Waals surface area contributed by atoms with Crippen molar-refractivity contribution in [1.29, 1.82) is 0 Å². The normalized spacial score (nSPS) is 22.1. The first-order valence-electron chi connectivity index (χ1n) is 26.7. The van der Waals surface area contributed by atoms with Crippen molar-refractivity contribution in [1.82, 2.24) is 36.9 Å². The Balaban J connectivity index is 1.53. The van der Waals surface area contributed by atoms with Crippen molar-refractivity contribution in [3.05, 3.63) is 71.9 Å². The Morgan fingerprint density at radius 3 is 2.05 bits per heavy atom. The van der Waals surface area contributed by atoms with Gasteiger partial charge in [-0.05, 0) is 94.4 Å². The van der Waals surface area contributed by atoms with E-state index in [1.165, 1.54) is 6.92 Å². The molecule has 2 aliphatic rings. The van der Waals surface area contributed by atoms with Gasteiger partial charge in [-0.2, -0.15) is 0 Å². The van der Waals surface area contributed by atoms with Crippen molar-refractivity contribution in [2.75, 3.05) is 19.6 Å². The molecule has 23 heteroatoms. The Morgan fingerprint density at radius 1 is 0.688 bits per heavy atom. The number of benzene rings is 2. The van der Waals surface area contributed by atoms with Gasteiger partial charge in [0.1, 0.15) is 35.7 Å². The first-order valence-corrected chi connectivity index (χ1v) is 26.7. The fourth-order valence-electron chi connectivity index (χ4n) is 9.38. The van der Waals surface area contributed by atoms with Crippen LogP contribution in [0, 0.1) is 11.8 Å². The zero-order valence-corrected chi connectivity index (χ0v) is 44.0. The number of nitrogens with two attached hydrogens (primary N) is 5. The first kappa shape index (κ1) is 60.2. The zero-order valence-electron chi connectivity index (χ0n) is 44.0. The average Bonchev–Trinajstić information content (AvgIpc) is 4.12. The summed E-state index contributed by atoms with van der Waals surface area (Å²) >= 11 is 0. The van der Waals surface area contributed by atoms with E-state index < -0.39 is 95.4 Å². The summed E-state index contributed by atoms with van der Waals surface area (Å²) in [5.74, 6) is -7.53. The Morgan fingerprint density at radius 2 is 1.36 bits per heavy atom. The number of rotatable bonds is 19. The van der Waals surface area contributed by atoms with Crippen LogP contribution in [-0.2, 0) is 56.0 Å². The molecule has 7 atom stereocenters. The molecule has 2 fully saturated rings. The zero-order chi connectivity index (χ0) is 55.9. The molecule has 77 heavy (non-hydrogen) atoms. The second-order valence-corrected chi connectivity index (χ2v) is 20.1. The number of hydrogen-bond donors (Lipinski definition) is 12. The number of Topliss-reactive ketones (excluding diaryl/α,β-unsaturated/α-hetero) is 3. The smallest absolute Gasteiger partial charge is 0.243 e. The van der Waals surface area contributed by atoms with Gasteiger partial charge < -0.3 is 65.6 Å². The molecule has 1 saturated heterocycles. The third-order valence-electron chi connectivity index (χ3n) is 13.7. The van der Waals surface area contributed by atoms with Gasteiger partial charge in [0.25, 0.3) is 0 Å². The Kier molecular flexibility index (Phi) is 24.0. The maximum atomic E-state index is 14.9. The predicted molar refractivity (Wildman–Crippen MR) is 291 cm³/mol. The second-order valence-electron chi connectivity index (χ2n) is 20.1. The molecule has 6 amide bonds. The van der Waals surface area contributed by atoms with E-state index in [9.17, 15) is 43.2 Å². The number of aliphatic imine (C=N–C) groups is 2. The van der Waals surface area contributed by atoms with E-state index in [2.05, 4.69) is 46.9 Å². The molecule has 1 aromatic heterocycles. The van der Waals surface area contributed by atoms with Crippen LogP contribution in [0.3, 0.4) is 0 Å². The average molecular weight is 1070 g/mol. The highest BCUT2D eigenvalue weighted by atomic mass is 16.2. The summed E-state index contributed by atoms with van der Waals surface area (Å²) in [4.78, 5) is 138. The third-order valence-corrected chi connectivity index (χ3v) is 13.7. The molecular formula is C54H78N14O9. The topological polar surface area (TPSA) is 396 Å². The van der Waals surface area contributed by atoms with Gasteiger partial charge in [0.2, 0.25) is 35.4 Å². The van der Waals surface area contributed by atoms with Crippen LogP contribution in [0.15, 0.2) is 70.8 Å². The number of fused-ring (bicyclic) bond motifs is 1. The number of hydrogen-bond acceptors (Lipinski definition) is 12. The maximum Gasteiger partial charge on any atom is 0.243 e. The minimum absolute atomic E-state index is 0.0135. The number of carbonyl (C=O) groups excluding carboxylic acids is 9. The molecule has 2 aromatic carbocycles. The van der Waals surface area contributed by atoms with Gasteiger partial charge in [-0.1, -0.05) is 61.4 Å². The molecule has 0 spiro atoms. The lowest BCUT2D eigenvalue weighted by Gasteiger charge is -2.27. The lowest BCUT2D eigenvalue weighted by Crippen LogP contribution is -2.58. The fourth-order valence-corrected chi connectivity index (χ4v) is 9.38. The van der Waals surface area contributed by atoms with Gasteiger partial charge in [0, 0.05) is 80.7 Å². The number of para-hydroxylation sites is 1. The van der Waals surface area contributed by atoms with Crippen molar-refractivity contribution in [3.63, 3.8) is 0 Å². The lowest BCUT2D eigenvalue weighted by molar-refractivity contribution is -0.136. The largest absolute Gasteiger partial charge is 0.370 e. The molecule has 5 rings (SSSR count). The molecule has 1 aliphatic carbocycles. The second kappa shape index (κ2) is 30.8. The number of H-pyrrole nitrogens is 1. The van der Waals surface area contributed by atoms with Gasteiger partial charge in [0.15, 0.2) is 17.7 Å². The van der Waals surface area contributed by atoms with E-state index in [1.807, 2.05) is 24.3 Å². The lowest BCUT2D eigenvalue weighted by atomic mass is 9.83. The monoisotopic (exact) mass is 1070 g/mol. The molecule has 3 aromatic rings. The summed E-state index contributed by atoms with van der Waals surface area (Å²) < 4.78 is 0. The van der Waals surface area contributed by atoms with Crippen LogP contribution in [0.4, 0.5) is 0 Å². The van der Waals surface area contributed by atoms with E-state index in [1.54, 1.807) is 36.5 Å². The molecule has 23 nitrogen and oxygen atoms in total. The summed E-state index contributed by atoms with van der Waals surface area (Å²) in [6, 6.07) is 10.1. The number of ketones is 3. The summed E-state index contributed by atoms with van der Waals surface area (Å²) in [6.07, 6.45) is 4.29. The molecule has 1 aliphatic heterocycles. The number of aromatic nitrogens is 1. The number of amides is 6. The minimum Gasteiger partial charge on any atom is -0.370 e. The fraction of sp³-hybridized carbons (Fsp3) is 0.537. The molecule has 2 heterocycles. The molecule has 418 valence electrons. The van der Waals surface area contributed by atoms with Crippen LogP contribution in [-0.4, -0.2) is 126 Å². The SMILES string of the molecule is CC(=O)N[C@@H](CCCN=C(N)N)C(=O)N[C@H]1CC(=O)CCCCC[C@@H](C(=O)NC2CC2)NC(=O)[C@H](Cc2c[nH]c3ccccc23)CC(=O)[C@H](CCCN=C(N)N)CC(=O)[C@@H](Cc2ccccc2)NC(=O)[C@H](CCN)NC1=O. The van der Waals surface area contributed by atoms with E-state index in [0.717, 1.165) is 29.3 Å².